The summed E-state index contributed by atoms with van der Waals surface area (Å²) in [5.74, 6) is 0.960. The Morgan fingerprint density at radius 2 is 2.12 bits per heavy atom. The zero-order chi connectivity index (χ0) is 18.0. The highest BCUT2D eigenvalue weighted by molar-refractivity contribution is 5.95. The van der Waals surface area contributed by atoms with E-state index >= 15 is 0 Å². The van der Waals surface area contributed by atoms with Crippen molar-refractivity contribution in [3.05, 3.63) is 23.3 Å². The number of amides is 2. The number of carbonyl (C=O) groups is 2. The maximum absolute atomic E-state index is 13.1. The van der Waals surface area contributed by atoms with E-state index < -0.39 is 0 Å². The fourth-order valence-corrected chi connectivity index (χ4v) is 3.66. The number of aromatic nitrogens is 2. The Hall–Kier alpha value is -1.73. The lowest BCUT2D eigenvalue weighted by Gasteiger charge is -2.41. The van der Waals surface area contributed by atoms with E-state index in [1.54, 1.807) is 6.20 Å². The van der Waals surface area contributed by atoms with Crippen LogP contribution in [-0.4, -0.2) is 70.3 Å². The topological polar surface area (TPSA) is 78.4 Å². The molecule has 2 aliphatic heterocycles. The van der Waals surface area contributed by atoms with Crippen molar-refractivity contribution in [2.75, 3.05) is 32.7 Å². The summed E-state index contributed by atoms with van der Waals surface area (Å²) < 4.78 is 0. The van der Waals surface area contributed by atoms with Gasteiger partial charge in [-0.25, -0.2) is 9.97 Å². The highest BCUT2D eigenvalue weighted by Gasteiger charge is 2.32. The average Bonchev–Trinajstić information content (AvgIpc) is 2.61. The molecule has 8 heteroatoms. The van der Waals surface area contributed by atoms with Gasteiger partial charge in [-0.15, -0.1) is 12.4 Å². The minimum Gasteiger partial charge on any atom is -0.336 e. The van der Waals surface area contributed by atoms with Crippen LogP contribution >= 0.6 is 12.4 Å². The third kappa shape index (κ3) is 4.32. The number of piperidine rings is 1. The van der Waals surface area contributed by atoms with Crippen molar-refractivity contribution in [3.63, 3.8) is 0 Å². The molecule has 0 bridgehead atoms. The summed E-state index contributed by atoms with van der Waals surface area (Å²) in [4.78, 5) is 37.7. The van der Waals surface area contributed by atoms with Crippen molar-refractivity contribution in [1.82, 2.24) is 25.1 Å². The van der Waals surface area contributed by atoms with Crippen molar-refractivity contribution < 1.29 is 9.59 Å². The zero-order valence-electron chi connectivity index (χ0n) is 15.7. The second-order valence-electron chi connectivity index (χ2n) is 7.18. The molecule has 2 amide bonds. The molecule has 2 aliphatic rings. The second-order valence-corrected chi connectivity index (χ2v) is 7.18. The minimum absolute atomic E-state index is 0. The van der Waals surface area contributed by atoms with Crippen molar-refractivity contribution in [2.45, 2.75) is 45.6 Å². The molecule has 0 aromatic carbocycles. The van der Waals surface area contributed by atoms with E-state index in [4.69, 9.17) is 0 Å². The van der Waals surface area contributed by atoms with E-state index in [1.165, 1.54) is 0 Å². The molecule has 1 unspecified atom stereocenters. The van der Waals surface area contributed by atoms with Gasteiger partial charge < -0.3 is 15.1 Å². The summed E-state index contributed by atoms with van der Waals surface area (Å²) in [6, 6.07) is 0.112. The van der Waals surface area contributed by atoms with Crippen molar-refractivity contribution in [2.24, 2.45) is 0 Å². The Morgan fingerprint density at radius 1 is 1.35 bits per heavy atom. The van der Waals surface area contributed by atoms with Gasteiger partial charge in [-0.2, -0.15) is 0 Å². The largest absolute Gasteiger partial charge is 0.336 e. The van der Waals surface area contributed by atoms with Crippen molar-refractivity contribution in [1.29, 1.82) is 0 Å². The Labute approximate surface area is 161 Å². The van der Waals surface area contributed by atoms with E-state index in [2.05, 4.69) is 15.3 Å². The lowest BCUT2D eigenvalue weighted by atomic mass is 10.00. The molecule has 26 heavy (non-hydrogen) atoms. The molecule has 3 heterocycles. The molecule has 7 nitrogen and oxygen atoms in total. The molecule has 0 aliphatic carbocycles. The molecule has 144 valence electrons. The first-order valence-electron chi connectivity index (χ1n) is 9.10. The molecule has 3 rings (SSSR count). The standard InChI is InChI=1S/C18H27N5O2.ClH/c1-12(2)17-15(9-20-13(3)21-17)18(25)22-7-4-5-14(11-22)23-8-6-19-10-16(23)24;/h9,12,14,19H,4-8,10-11H2,1-3H3;1H. The maximum atomic E-state index is 13.1. The fraction of sp³-hybridized carbons (Fsp3) is 0.667. The van der Waals surface area contributed by atoms with Crippen molar-refractivity contribution >= 4 is 24.2 Å². The van der Waals surface area contributed by atoms with E-state index in [-0.39, 0.29) is 36.2 Å². The van der Waals surface area contributed by atoms with Crippen LogP contribution in [0, 0.1) is 6.92 Å². The van der Waals surface area contributed by atoms with Gasteiger partial charge in [0.2, 0.25) is 5.91 Å². The highest BCUT2D eigenvalue weighted by Crippen LogP contribution is 2.22. The Balaban J connectivity index is 0.00000243. The van der Waals surface area contributed by atoms with E-state index in [0.29, 0.717) is 24.5 Å². The molecule has 1 N–H and O–H groups in total. The summed E-state index contributed by atoms with van der Waals surface area (Å²) in [6.07, 6.45) is 3.52. The number of rotatable bonds is 3. The normalized spacial score (nSPS) is 20.9. The number of hydrogen-bond acceptors (Lipinski definition) is 5. The lowest BCUT2D eigenvalue weighted by molar-refractivity contribution is -0.135. The van der Waals surface area contributed by atoms with Gasteiger partial charge in [0.1, 0.15) is 5.82 Å². The monoisotopic (exact) mass is 381 g/mol. The number of nitrogens with zero attached hydrogens (tertiary/aromatic N) is 4. The van der Waals surface area contributed by atoms with E-state index in [1.807, 2.05) is 30.6 Å². The Bertz CT molecular complexity index is 667. The van der Waals surface area contributed by atoms with Gasteiger partial charge in [-0.1, -0.05) is 13.8 Å². The number of halogens is 1. The molecule has 2 fully saturated rings. The summed E-state index contributed by atoms with van der Waals surface area (Å²) in [5, 5.41) is 3.10. The van der Waals surface area contributed by atoms with Crippen molar-refractivity contribution in [3.8, 4) is 0 Å². The number of likely N-dealkylation sites (tertiary alicyclic amines) is 1. The summed E-state index contributed by atoms with van der Waals surface area (Å²) in [5.41, 5.74) is 1.39. The van der Waals surface area contributed by atoms with Gasteiger partial charge in [-0.3, -0.25) is 9.59 Å². The smallest absolute Gasteiger partial charge is 0.257 e. The minimum atomic E-state index is -0.0176. The molecular weight excluding hydrogens is 354 g/mol. The number of carbonyl (C=O) groups excluding carboxylic acids is 2. The first-order chi connectivity index (χ1) is 12.0. The number of aryl methyl sites for hydroxylation is 1. The molecule has 0 saturated carbocycles. The highest BCUT2D eigenvalue weighted by atomic mass is 35.5. The third-order valence-corrected chi connectivity index (χ3v) is 4.97. The summed E-state index contributed by atoms with van der Waals surface area (Å²) in [6.45, 7) is 9.17. The third-order valence-electron chi connectivity index (χ3n) is 4.97. The molecule has 2 saturated heterocycles. The quantitative estimate of drug-likeness (QED) is 0.855. The maximum Gasteiger partial charge on any atom is 0.257 e. The van der Waals surface area contributed by atoms with Crippen LogP contribution in [0.3, 0.4) is 0 Å². The van der Waals surface area contributed by atoms with Gasteiger partial charge in [-0.05, 0) is 25.7 Å². The average molecular weight is 382 g/mol. The van der Waals surface area contributed by atoms with Crippen LogP contribution in [0.5, 0.6) is 0 Å². The van der Waals surface area contributed by atoms with Gasteiger partial charge in [0, 0.05) is 38.4 Å². The molecule has 0 radical (unpaired) electrons. The van der Waals surface area contributed by atoms with Crippen LogP contribution in [0.15, 0.2) is 6.20 Å². The van der Waals surface area contributed by atoms with E-state index in [0.717, 1.165) is 38.2 Å². The molecule has 1 atom stereocenters. The molecular formula is C18H28ClN5O2. The Kier molecular flexibility index (Phi) is 6.94. The van der Waals surface area contributed by atoms with Gasteiger partial charge in [0.05, 0.1) is 17.8 Å². The predicted molar refractivity (Wildman–Crippen MR) is 102 cm³/mol. The van der Waals surface area contributed by atoms with Crippen LogP contribution in [0.2, 0.25) is 0 Å². The number of piperazine rings is 1. The van der Waals surface area contributed by atoms with Crippen LogP contribution < -0.4 is 5.32 Å². The second kappa shape index (κ2) is 8.77. The van der Waals surface area contributed by atoms with Crippen LogP contribution in [0.4, 0.5) is 0 Å². The Morgan fingerprint density at radius 3 is 2.81 bits per heavy atom. The first kappa shape index (κ1) is 20.6. The molecule has 1 aromatic rings. The van der Waals surface area contributed by atoms with E-state index in [9.17, 15) is 9.59 Å². The van der Waals surface area contributed by atoms with Crippen LogP contribution in [0.1, 0.15) is 54.5 Å². The van der Waals surface area contributed by atoms with Crippen LogP contribution in [0.25, 0.3) is 0 Å². The first-order valence-corrected chi connectivity index (χ1v) is 9.10. The number of hydrogen-bond donors (Lipinski definition) is 1. The molecule has 1 aromatic heterocycles. The SMILES string of the molecule is Cc1ncc(C(=O)N2CCCC(N3CCNCC3=O)C2)c(C(C)C)n1.Cl. The van der Waals surface area contributed by atoms with Gasteiger partial charge in [0.25, 0.3) is 5.91 Å². The lowest BCUT2D eigenvalue weighted by Crippen LogP contribution is -2.57. The predicted octanol–water partition coefficient (Wildman–Crippen LogP) is 1.37. The van der Waals surface area contributed by atoms with Crippen LogP contribution in [-0.2, 0) is 4.79 Å². The zero-order valence-corrected chi connectivity index (χ0v) is 16.5. The summed E-state index contributed by atoms with van der Waals surface area (Å²) >= 11 is 0. The summed E-state index contributed by atoms with van der Waals surface area (Å²) in [7, 11) is 0. The fourth-order valence-electron chi connectivity index (χ4n) is 3.66. The molecule has 0 spiro atoms. The van der Waals surface area contributed by atoms with Gasteiger partial charge >= 0.3 is 0 Å². The van der Waals surface area contributed by atoms with Gasteiger partial charge in [0.15, 0.2) is 0 Å². The number of nitrogens with one attached hydrogen (secondary N) is 1.